The Labute approximate surface area is 177 Å². The van der Waals surface area contributed by atoms with E-state index in [1.165, 1.54) is 0 Å². The summed E-state index contributed by atoms with van der Waals surface area (Å²) < 4.78 is 5.58. The number of hydrogen-bond donors (Lipinski definition) is 2. The molecule has 1 aliphatic rings. The van der Waals surface area contributed by atoms with E-state index in [1.54, 1.807) is 0 Å². The van der Waals surface area contributed by atoms with Gasteiger partial charge in [0.1, 0.15) is 17.6 Å². The van der Waals surface area contributed by atoms with E-state index in [9.17, 15) is 24.6 Å². The summed E-state index contributed by atoms with van der Waals surface area (Å²) in [5.41, 5.74) is 0.489. The normalized spacial score (nSPS) is 14.2. The summed E-state index contributed by atoms with van der Waals surface area (Å²) in [7, 11) is 0. The number of ketones is 2. The van der Waals surface area contributed by atoms with Crippen molar-refractivity contribution in [2.75, 3.05) is 0 Å². The van der Waals surface area contributed by atoms with Crippen molar-refractivity contribution in [2.24, 2.45) is 5.92 Å². The van der Waals surface area contributed by atoms with Gasteiger partial charge in [0.15, 0.2) is 11.6 Å². The van der Waals surface area contributed by atoms with E-state index >= 15 is 0 Å². The molecule has 0 aliphatic heterocycles. The number of benzene rings is 1. The molecule has 2 N–H and O–H groups in total. The molecule has 6 heteroatoms. The predicted molar refractivity (Wildman–Crippen MR) is 114 cm³/mol. The summed E-state index contributed by atoms with van der Waals surface area (Å²) in [4.78, 5) is 38.0. The molecule has 0 spiro atoms. The van der Waals surface area contributed by atoms with Gasteiger partial charge < -0.3 is 14.9 Å². The average Bonchev–Trinajstić information content (AvgIpc) is 2.66. The number of allylic oxidation sites excluding steroid dienone is 2. The monoisotopic (exact) mass is 414 g/mol. The van der Waals surface area contributed by atoms with Crippen LogP contribution in [0.25, 0.3) is 0 Å². The van der Waals surface area contributed by atoms with E-state index < -0.39 is 29.4 Å². The van der Waals surface area contributed by atoms with Crippen LogP contribution >= 0.6 is 0 Å². The first-order valence-electron chi connectivity index (χ1n) is 10.3. The zero-order chi connectivity index (χ0) is 22.4. The number of Topliss-reactive ketones (excluding diaryl/α,β-unsaturated/α-hetero) is 1. The zero-order valence-corrected chi connectivity index (χ0v) is 18.0. The smallest absolute Gasteiger partial charge is 0.306 e. The minimum absolute atomic E-state index is 0.00132. The van der Waals surface area contributed by atoms with Crippen molar-refractivity contribution in [3.8, 4) is 11.5 Å². The number of rotatable bonds is 9. The highest BCUT2D eigenvalue weighted by atomic mass is 16.5. The predicted octanol–water partition coefficient (Wildman–Crippen LogP) is 4.89. The van der Waals surface area contributed by atoms with Gasteiger partial charge in [0.2, 0.25) is 0 Å². The van der Waals surface area contributed by atoms with Crippen molar-refractivity contribution < 1.29 is 29.3 Å². The summed E-state index contributed by atoms with van der Waals surface area (Å²) in [5.74, 6) is -1.88. The molecule has 1 atom stereocenters. The first kappa shape index (κ1) is 23.4. The number of carbonyl (C=O) groups excluding carboxylic acids is 3. The number of aromatic hydroxyl groups is 2. The molecule has 1 aromatic rings. The van der Waals surface area contributed by atoms with Gasteiger partial charge in [-0.2, -0.15) is 0 Å². The largest absolute Gasteiger partial charge is 0.507 e. The fraction of sp³-hybridized carbons (Fsp3) is 0.458. The van der Waals surface area contributed by atoms with Crippen LogP contribution in [0.15, 0.2) is 35.4 Å². The minimum Gasteiger partial charge on any atom is -0.507 e. The number of unbranched alkanes of at least 4 members (excludes halogenated alkanes) is 1. The minimum atomic E-state index is -0.941. The van der Waals surface area contributed by atoms with Gasteiger partial charge >= 0.3 is 5.97 Å². The quantitative estimate of drug-likeness (QED) is 0.258. The number of carbonyl (C=O) groups is 3. The van der Waals surface area contributed by atoms with Crippen molar-refractivity contribution in [2.45, 2.75) is 65.9 Å². The van der Waals surface area contributed by atoms with Gasteiger partial charge in [-0.25, -0.2) is 0 Å². The second-order valence-corrected chi connectivity index (χ2v) is 8.28. The lowest BCUT2D eigenvalue weighted by Crippen LogP contribution is -2.29. The molecule has 1 aliphatic carbocycles. The molecule has 0 saturated carbocycles. The van der Waals surface area contributed by atoms with E-state index in [1.807, 2.05) is 19.9 Å². The Balaban J connectivity index is 2.25. The number of phenols is 2. The van der Waals surface area contributed by atoms with Gasteiger partial charge in [0.25, 0.3) is 0 Å². The van der Waals surface area contributed by atoms with Crippen LogP contribution in [0.3, 0.4) is 0 Å². The highest BCUT2D eigenvalue weighted by Gasteiger charge is 2.35. The van der Waals surface area contributed by atoms with Crippen LogP contribution in [0.4, 0.5) is 0 Å². The number of ether oxygens (including phenoxy) is 1. The molecule has 0 unspecified atom stereocenters. The second kappa shape index (κ2) is 10.2. The third-order valence-electron chi connectivity index (χ3n) is 4.96. The van der Waals surface area contributed by atoms with Gasteiger partial charge in [-0.1, -0.05) is 38.3 Å². The van der Waals surface area contributed by atoms with Gasteiger partial charge in [0, 0.05) is 18.4 Å². The van der Waals surface area contributed by atoms with Crippen molar-refractivity contribution in [1.82, 2.24) is 0 Å². The molecule has 0 saturated heterocycles. The van der Waals surface area contributed by atoms with E-state index in [2.05, 4.69) is 13.8 Å². The fourth-order valence-corrected chi connectivity index (χ4v) is 3.34. The molecule has 0 heterocycles. The van der Waals surface area contributed by atoms with Gasteiger partial charge in [-0.3, -0.25) is 14.4 Å². The summed E-state index contributed by atoms with van der Waals surface area (Å²) in [6.07, 6.45) is 5.07. The van der Waals surface area contributed by atoms with Crippen LogP contribution < -0.4 is 0 Å². The Morgan fingerprint density at radius 3 is 2.30 bits per heavy atom. The molecule has 6 nitrogen and oxygen atoms in total. The molecule has 1 aromatic carbocycles. The summed E-state index contributed by atoms with van der Waals surface area (Å²) >= 11 is 0. The zero-order valence-electron chi connectivity index (χ0n) is 18.0. The Hall–Kier alpha value is -2.89. The Kier molecular flexibility index (Phi) is 7.98. The lowest BCUT2D eigenvalue weighted by Gasteiger charge is -2.23. The molecule has 0 fully saturated rings. The number of fused-ring (bicyclic) bond motifs is 1. The van der Waals surface area contributed by atoms with E-state index in [4.69, 9.17) is 4.74 Å². The van der Waals surface area contributed by atoms with Crippen LogP contribution in [-0.4, -0.2) is 33.9 Å². The van der Waals surface area contributed by atoms with Gasteiger partial charge in [0.05, 0.1) is 11.1 Å². The Bertz CT molecular complexity index is 887. The van der Waals surface area contributed by atoms with Crippen molar-refractivity contribution in [3.63, 3.8) is 0 Å². The lowest BCUT2D eigenvalue weighted by molar-refractivity contribution is -0.147. The maximum Gasteiger partial charge on any atom is 0.306 e. The van der Waals surface area contributed by atoms with Crippen LogP contribution in [0, 0.1) is 5.92 Å². The lowest BCUT2D eigenvalue weighted by atomic mass is 9.85. The molecule has 162 valence electrons. The average molecular weight is 414 g/mol. The maximum atomic E-state index is 13.0. The number of hydrogen-bond acceptors (Lipinski definition) is 6. The highest BCUT2D eigenvalue weighted by molar-refractivity contribution is 6.27. The molecule has 2 rings (SSSR count). The van der Waals surface area contributed by atoms with Crippen molar-refractivity contribution >= 4 is 17.5 Å². The van der Waals surface area contributed by atoms with Gasteiger partial charge in [-0.15, -0.1) is 0 Å². The van der Waals surface area contributed by atoms with Crippen LogP contribution in [-0.2, 0) is 9.53 Å². The first-order chi connectivity index (χ1) is 14.1. The van der Waals surface area contributed by atoms with Gasteiger partial charge in [-0.05, 0) is 44.4 Å². The molecular formula is C24H30O6. The van der Waals surface area contributed by atoms with Crippen LogP contribution in [0.5, 0.6) is 11.5 Å². The summed E-state index contributed by atoms with van der Waals surface area (Å²) in [6, 6.07) is 2.32. The molecule has 0 amide bonds. The standard InChI is InChI=1S/C24H30O6/c1-14(2)7-5-6-8-21(28)30-20(12-9-15(3)4)16-13-19(27)22-17(25)10-11-18(26)23(22)24(16)29/h9-11,13-14,20,25-26H,5-8,12H2,1-4H3/t20-/m1/s1. The second-order valence-electron chi connectivity index (χ2n) is 8.28. The third kappa shape index (κ3) is 5.81. The number of esters is 1. The van der Waals surface area contributed by atoms with E-state index in [0.29, 0.717) is 12.3 Å². The Morgan fingerprint density at radius 1 is 1.07 bits per heavy atom. The highest BCUT2D eigenvalue weighted by Crippen LogP contribution is 2.36. The third-order valence-corrected chi connectivity index (χ3v) is 4.96. The SMILES string of the molecule is CC(C)=CC[C@@H](OC(=O)CCCCC(C)C)C1=CC(=O)c2c(O)ccc(O)c2C1=O. The molecule has 30 heavy (non-hydrogen) atoms. The summed E-state index contributed by atoms with van der Waals surface area (Å²) in [5, 5.41) is 20.1. The molecular weight excluding hydrogens is 384 g/mol. The maximum absolute atomic E-state index is 13.0. The van der Waals surface area contributed by atoms with Crippen molar-refractivity contribution in [3.05, 3.63) is 46.6 Å². The van der Waals surface area contributed by atoms with Crippen molar-refractivity contribution in [1.29, 1.82) is 0 Å². The molecule has 0 aromatic heterocycles. The molecule has 0 bridgehead atoms. The fourth-order valence-electron chi connectivity index (χ4n) is 3.34. The van der Waals surface area contributed by atoms with Crippen LogP contribution in [0.2, 0.25) is 0 Å². The Morgan fingerprint density at radius 2 is 1.70 bits per heavy atom. The first-order valence-corrected chi connectivity index (χ1v) is 10.3. The topological polar surface area (TPSA) is 101 Å². The van der Waals surface area contributed by atoms with Crippen LogP contribution in [0.1, 0.15) is 80.5 Å². The van der Waals surface area contributed by atoms with E-state index in [0.717, 1.165) is 36.6 Å². The number of phenolic OH excluding ortho intramolecular Hbond substituents is 2. The molecule has 0 radical (unpaired) electrons. The summed E-state index contributed by atoms with van der Waals surface area (Å²) in [6.45, 7) is 8.01. The van der Waals surface area contributed by atoms with E-state index in [-0.39, 0.29) is 35.3 Å².